The number of halogens is 2. The quantitative estimate of drug-likeness (QED) is 0.926. The molecule has 104 valence electrons. The Labute approximate surface area is 115 Å². The molecule has 0 aromatic heterocycles. The zero-order valence-corrected chi connectivity index (χ0v) is 10.8. The van der Waals surface area contributed by atoms with Gasteiger partial charge in [0.25, 0.3) is 5.92 Å². The molecule has 0 unspecified atom stereocenters. The van der Waals surface area contributed by atoms with Crippen LogP contribution in [-0.4, -0.2) is 5.91 Å². The first-order chi connectivity index (χ1) is 9.36. The van der Waals surface area contributed by atoms with Gasteiger partial charge in [-0.25, -0.2) is 8.78 Å². The minimum absolute atomic E-state index is 0.0751. The van der Waals surface area contributed by atoms with Crippen LogP contribution in [0.1, 0.15) is 22.8 Å². The molecular weight excluding hydrogens is 264 g/mol. The molecule has 0 heterocycles. The Bertz CT molecular complexity index is 601. The lowest BCUT2D eigenvalue weighted by atomic mass is 10.1. The molecule has 0 fully saturated rings. The molecular formula is C15H13F2NO2. The van der Waals surface area contributed by atoms with Crippen molar-refractivity contribution >= 4 is 5.91 Å². The highest BCUT2D eigenvalue weighted by Gasteiger charge is 2.23. The highest BCUT2D eigenvalue weighted by molar-refractivity contribution is 5.92. The molecule has 2 aromatic rings. The van der Waals surface area contributed by atoms with Gasteiger partial charge < -0.3 is 10.5 Å². The van der Waals surface area contributed by atoms with Gasteiger partial charge in [-0.2, -0.15) is 0 Å². The molecule has 0 aliphatic rings. The van der Waals surface area contributed by atoms with Gasteiger partial charge in [-0.15, -0.1) is 0 Å². The van der Waals surface area contributed by atoms with Crippen LogP contribution >= 0.6 is 0 Å². The number of carbonyl (C=O) groups excluding carboxylic acids is 1. The van der Waals surface area contributed by atoms with E-state index in [9.17, 15) is 13.6 Å². The number of rotatable bonds is 4. The average Bonchev–Trinajstić information content (AvgIpc) is 2.39. The molecule has 3 nitrogen and oxygen atoms in total. The standard InChI is InChI=1S/C15H13F2NO2/c1-15(16,17)11-4-8-13(9-5-11)20-12-6-2-10(3-7-12)14(18)19/h2-9H,1H3,(H2,18,19). The summed E-state index contributed by atoms with van der Waals surface area (Å²) in [6, 6.07) is 11.8. The van der Waals surface area contributed by atoms with Crippen LogP contribution in [0.25, 0.3) is 0 Å². The molecule has 1 amide bonds. The lowest BCUT2D eigenvalue weighted by Gasteiger charge is -2.11. The molecule has 0 radical (unpaired) electrons. The average molecular weight is 277 g/mol. The van der Waals surface area contributed by atoms with Gasteiger partial charge in [-0.1, -0.05) is 0 Å². The van der Waals surface area contributed by atoms with Crippen LogP contribution in [0.3, 0.4) is 0 Å². The van der Waals surface area contributed by atoms with Crippen LogP contribution in [0.4, 0.5) is 8.78 Å². The maximum absolute atomic E-state index is 13.0. The summed E-state index contributed by atoms with van der Waals surface area (Å²) >= 11 is 0. The lowest BCUT2D eigenvalue weighted by molar-refractivity contribution is 0.0174. The van der Waals surface area contributed by atoms with Crippen LogP contribution < -0.4 is 10.5 Å². The molecule has 5 heteroatoms. The first-order valence-corrected chi connectivity index (χ1v) is 5.92. The minimum Gasteiger partial charge on any atom is -0.457 e. The SMILES string of the molecule is CC(F)(F)c1ccc(Oc2ccc(C(N)=O)cc2)cc1. The second-order valence-corrected chi connectivity index (χ2v) is 4.40. The Morgan fingerprint density at radius 3 is 1.85 bits per heavy atom. The Morgan fingerprint density at radius 1 is 1.00 bits per heavy atom. The number of ether oxygens (including phenoxy) is 1. The molecule has 2 aromatic carbocycles. The normalized spacial score (nSPS) is 11.2. The highest BCUT2D eigenvalue weighted by Crippen LogP contribution is 2.29. The molecule has 0 aliphatic carbocycles. The van der Waals surface area contributed by atoms with E-state index in [4.69, 9.17) is 10.5 Å². The Hall–Kier alpha value is -2.43. The largest absolute Gasteiger partial charge is 0.457 e. The topological polar surface area (TPSA) is 52.3 Å². The van der Waals surface area contributed by atoms with E-state index >= 15 is 0 Å². The number of nitrogens with two attached hydrogens (primary N) is 1. The molecule has 2 N–H and O–H groups in total. The van der Waals surface area contributed by atoms with E-state index in [1.54, 1.807) is 12.1 Å². The maximum Gasteiger partial charge on any atom is 0.270 e. The molecule has 0 aliphatic heterocycles. The second-order valence-electron chi connectivity index (χ2n) is 4.40. The molecule has 0 saturated carbocycles. The predicted octanol–water partition coefficient (Wildman–Crippen LogP) is 3.69. The maximum atomic E-state index is 13.0. The van der Waals surface area contributed by atoms with E-state index in [0.717, 1.165) is 6.92 Å². The fourth-order valence-corrected chi connectivity index (χ4v) is 1.64. The number of carbonyl (C=O) groups is 1. The third kappa shape index (κ3) is 3.32. The van der Waals surface area contributed by atoms with Gasteiger partial charge in [0.1, 0.15) is 11.5 Å². The van der Waals surface area contributed by atoms with E-state index < -0.39 is 11.8 Å². The third-order valence-corrected chi connectivity index (χ3v) is 2.74. The van der Waals surface area contributed by atoms with Crippen molar-refractivity contribution in [2.75, 3.05) is 0 Å². The Balaban J connectivity index is 2.12. The van der Waals surface area contributed by atoms with E-state index in [1.165, 1.54) is 36.4 Å². The number of alkyl halides is 2. The Morgan fingerprint density at radius 2 is 1.45 bits per heavy atom. The predicted molar refractivity (Wildman–Crippen MR) is 71.0 cm³/mol. The van der Waals surface area contributed by atoms with Crippen molar-refractivity contribution < 1.29 is 18.3 Å². The lowest BCUT2D eigenvalue weighted by Crippen LogP contribution is -2.10. The van der Waals surface area contributed by atoms with Gasteiger partial charge in [-0.05, 0) is 48.5 Å². The molecule has 0 spiro atoms. The number of benzene rings is 2. The van der Waals surface area contributed by atoms with Gasteiger partial charge in [0.05, 0.1) is 0 Å². The molecule has 0 bridgehead atoms. The van der Waals surface area contributed by atoms with Crippen LogP contribution in [-0.2, 0) is 5.92 Å². The summed E-state index contributed by atoms with van der Waals surface area (Å²) in [6.07, 6.45) is 0. The first-order valence-electron chi connectivity index (χ1n) is 5.92. The van der Waals surface area contributed by atoms with Gasteiger partial charge in [-0.3, -0.25) is 4.79 Å². The van der Waals surface area contributed by atoms with Crippen molar-refractivity contribution in [2.45, 2.75) is 12.8 Å². The molecule has 20 heavy (non-hydrogen) atoms. The molecule has 0 saturated heterocycles. The third-order valence-electron chi connectivity index (χ3n) is 2.74. The van der Waals surface area contributed by atoms with Gasteiger partial charge in [0.2, 0.25) is 5.91 Å². The van der Waals surface area contributed by atoms with Crippen LogP contribution in [0.5, 0.6) is 11.5 Å². The fourth-order valence-electron chi connectivity index (χ4n) is 1.64. The van der Waals surface area contributed by atoms with E-state index in [0.29, 0.717) is 17.1 Å². The summed E-state index contributed by atoms with van der Waals surface area (Å²) in [6.45, 7) is 0.839. The van der Waals surface area contributed by atoms with Crippen LogP contribution in [0.2, 0.25) is 0 Å². The first kappa shape index (κ1) is 14.0. The van der Waals surface area contributed by atoms with E-state index in [1.807, 2.05) is 0 Å². The van der Waals surface area contributed by atoms with Crippen molar-refractivity contribution in [3.05, 3.63) is 59.7 Å². The van der Waals surface area contributed by atoms with E-state index in [2.05, 4.69) is 0 Å². The van der Waals surface area contributed by atoms with Crippen LogP contribution in [0, 0.1) is 0 Å². The second kappa shape index (κ2) is 5.28. The van der Waals surface area contributed by atoms with Gasteiger partial charge >= 0.3 is 0 Å². The summed E-state index contributed by atoms with van der Waals surface area (Å²) in [5.41, 5.74) is 5.42. The summed E-state index contributed by atoms with van der Waals surface area (Å²) in [4.78, 5) is 10.9. The highest BCUT2D eigenvalue weighted by atomic mass is 19.3. The minimum atomic E-state index is -2.87. The van der Waals surface area contributed by atoms with Crippen molar-refractivity contribution in [1.82, 2.24) is 0 Å². The van der Waals surface area contributed by atoms with Crippen molar-refractivity contribution in [3.8, 4) is 11.5 Å². The smallest absolute Gasteiger partial charge is 0.270 e. The zero-order valence-electron chi connectivity index (χ0n) is 10.8. The summed E-state index contributed by atoms with van der Waals surface area (Å²) < 4.78 is 31.6. The van der Waals surface area contributed by atoms with E-state index in [-0.39, 0.29) is 5.56 Å². The van der Waals surface area contributed by atoms with Crippen molar-refractivity contribution in [3.63, 3.8) is 0 Å². The fraction of sp³-hybridized carbons (Fsp3) is 0.133. The summed E-state index contributed by atoms with van der Waals surface area (Å²) in [5.74, 6) is -2.47. The molecule has 0 atom stereocenters. The number of amides is 1. The number of primary amides is 1. The summed E-state index contributed by atoms with van der Waals surface area (Å²) in [7, 11) is 0. The zero-order chi connectivity index (χ0) is 14.8. The number of hydrogen-bond donors (Lipinski definition) is 1. The number of hydrogen-bond acceptors (Lipinski definition) is 2. The van der Waals surface area contributed by atoms with Crippen LogP contribution in [0.15, 0.2) is 48.5 Å². The molecule has 2 rings (SSSR count). The monoisotopic (exact) mass is 277 g/mol. The van der Waals surface area contributed by atoms with Crippen molar-refractivity contribution in [1.29, 1.82) is 0 Å². The Kier molecular flexibility index (Phi) is 3.70. The van der Waals surface area contributed by atoms with Gasteiger partial charge in [0, 0.05) is 18.1 Å². The van der Waals surface area contributed by atoms with Gasteiger partial charge in [0.15, 0.2) is 0 Å². The van der Waals surface area contributed by atoms with Crippen molar-refractivity contribution in [2.24, 2.45) is 5.73 Å². The summed E-state index contributed by atoms with van der Waals surface area (Å²) in [5, 5.41) is 0.